The van der Waals surface area contributed by atoms with Crippen molar-refractivity contribution in [2.24, 2.45) is 16.6 Å². The van der Waals surface area contributed by atoms with Gasteiger partial charge in [0.1, 0.15) is 12.1 Å². The van der Waals surface area contributed by atoms with Gasteiger partial charge in [-0.2, -0.15) is 0 Å². The highest BCUT2D eigenvalue weighted by atomic mass is 16.3. The maximum atomic E-state index is 12.9. The molecule has 0 aromatic heterocycles. The van der Waals surface area contributed by atoms with E-state index in [2.05, 4.69) is 26.1 Å². The molecular formula is C17H33N3O4. The molecule has 0 spiro atoms. The molecule has 0 aromatic carbocycles. The first-order valence-corrected chi connectivity index (χ1v) is 8.27. The number of aliphatic hydroxyl groups is 1. The third-order valence-electron chi connectivity index (χ3n) is 4.27. The number of likely N-dealkylation sites (N-methyl/N-ethyl adjacent to an activating group) is 1. The molecule has 0 aliphatic heterocycles. The highest BCUT2D eigenvalue weighted by molar-refractivity contribution is 5.92. The Bertz CT molecular complexity index is 473. The molecule has 0 aliphatic rings. The van der Waals surface area contributed by atoms with Gasteiger partial charge >= 0.3 is 0 Å². The Morgan fingerprint density at radius 1 is 1.21 bits per heavy atom. The van der Waals surface area contributed by atoms with Gasteiger partial charge in [-0.25, -0.2) is 0 Å². The number of rotatable bonds is 8. The van der Waals surface area contributed by atoms with Crippen molar-refractivity contribution >= 4 is 17.7 Å². The van der Waals surface area contributed by atoms with Crippen LogP contribution >= 0.6 is 0 Å². The third kappa shape index (κ3) is 6.11. The second-order valence-corrected chi connectivity index (χ2v) is 7.90. The summed E-state index contributed by atoms with van der Waals surface area (Å²) in [5, 5.41) is 12.0. The number of nitrogens with zero attached hydrogens (tertiary/aromatic N) is 1. The van der Waals surface area contributed by atoms with Gasteiger partial charge in [0.25, 0.3) is 0 Å². The zero-order valence-corrected chi connectivity index (χ0v) is 16.0. The van der Waals surface area contributed by atoms with E-state index in [0.29, 0.717) is 12.8 Å². The monoisotopic (exact) mass is 343 g/mol. The average Bonchev–Trinajstić information content (AvgIpc) is 2.44. The first-order valence-electron chi connectivity index (χ1n) is 8.27. The lowest BCUT2D eigenvalue weighted by Gasteiger charge is -2.38. The molecule has 140 valence electrons. The van der Waals surface area contributed by atoms with Gasteiger partial charge in [-0.05, 0) is 25.2 Å². The van der Waals surface area contributed by atoms with Crippen molar-refractivity contribution in [2.45, 2.75) is 66.5 Å². The van der Waals surface area contributed by atoms with Crippen molar-refractivity contribution < 1.29 is 19.5 Å². The van der Waals surface area contributed by atoms with Crippen LogP contribution in [0.4, 0.5) is 0 Å². The molecule has 0 aliphatic carbocycles. The zero-order chi connectivity index (χ0) is 19.3. The summed E-state index contributed by atoms with van der Waals surface area (Å²) in [6.45, 7) is 10.9. The molecule has 3 atom stereocenters. The molecule has 0 heterocycles. The lowest BCUT2D eigenvalue weighted by Crippen LogP contribution is -2.56. The predicted molar refractivity (Wildman–Crippen MR) is 92.9 cm³/mol. The van der Waals surface area contributed by atoms with E-state index in [4.69, 9.17) is 5.73 Å². The van der Waals surface area contributed by atoms with E-state index < -0.39 is 35.9 Å². The van der Waals surface area contributed by atoms with Gasteiger partial charge in [0.15, 0.2) is 0 Å². The SMILES string of the molecule is CCC(C)(CC(C)(C)C)C(=O)N(C)[C@H](CO)C(=O)N[C@H](C)C(N)=O. The number of aliphatic hydroxyl groups excluding tert-OH is 1. The highest BCUT2D eigenvalue weighted by Gasteiger charge is 2.40. The van der Waals surface area contributed by atoms with Crippen LogP contribution in [-0.2, 0) is 14.4 Å². The number of carbonyl (C=O) groups is 3. The summed E-state index contributed by atoms with van der Waals surface area (Å²) in [7, 11) is 1.49. The Morgan fingerprint density at radius 3 is 2.04 bits per heavy atom. The number of carbonyl (C=O) groups excluding carboxylic acids is 3. The molecule has 24 heavy (non-hydrogen) atoms. The predicted octanol–water partition coefficient (Wildman–Crippen LogP) is 0.648. The molecule has 1 unspecified atom stereocenters. The van der Waals surface area contributed by atoms with Crippen LogP contribution in [0.3, 0.4) is 0 Å². The minimum atomic E-state index is -1.06. The lowest BCUT2D eigenvalue weighted by atomic mass is 9.72. The van der Waals surface area contributed by atoms with Crippen molar-refractivity contribution in [2.75, 3.05) is 13.7 Å². The summed E-state index contributed by atoms with van der Waals surface area (Å²) in [6, 6.07) is -1.94. The van der Waals surface area contributed by atoms with Crippen molar-refractivity contribution in [3.63, 3.8) is 0 Å². The van der Waals surface area contributed by atoms with Crippen molar-refractivity contribution in [1.82, 2.24) is 10.2 Å². The molecule has 0 saturated carbocycles. The van der Waals surface area contributed by atoms with Crippen LogP contribution in [0.25, 0.3) is 0 Å². The smallest absolute Gasteiger partial charge is 0.245 e. The summed E-state index contributed by atoms with van der Waals surface area (Å²) < 4.78 is 0. The lowest BCUT2D eigenvalue weighted by molar-refractivity contribution is -0.149. The molecule has 0 saturated heterocycles. The molecule has 4 N–H and O–H groups in total. The van der Waals surface area contributed by atoms with Gasteiger partial charge in [-0.3, -0.25) is 14.4 Å². The van der Waals surface area contributed by atoms with E-state index in [1.807, 2.05) is 13.8 Å². The molecule has 0 aromatic rings. The number of hydrogen-bond acceptors (Lipinski definition) is 4. The fourth-order valence-electron chi connectivity index (χ4n) is 2.85. The topological polar surface area (TPSA) is 113 Å². The Morgan fingerprint density at radius 2 is 1.71 bits per heavy atom. The standard InChI is InChI=1S/C17H33N3O4/c1-8-17(6,10-16(3,4)5)15(24)20(7)12(9-21)14(23)19-11(2)13(18)22/h11-12,21H,8-10H2,1-7H3,(H2,18,22)(H,19,23)/t11-,12-,17?/m1/s1. The van der Waals surface area contributed by atoms with Crippen molar-refractivity contribution in [3.05, 3.63) is 0 Å². The molecule has 0 fully saturated rings. The maximum absolute atomic E-state index is 12.9. The molecule has 3 amide bonds. The van der Waals surface area contributed by atoms with Crippen LogP contribution in [0.1, 0.15) is 54.4 Å². The fraction of sp³-hybridized carbons (Fsp3) is 0.824. The summed E-state index contributed by atoms with van der Waals surface area (Å²) in [4.78, 5) is 37.5. The van der Waals surface area contributed by atoms with Crippen LogP contribution in [0.15, 0.2) is 0 Å². The number of amides is 3. The van der Waals surface area contributed by atoms with E-state index in [0.717, 1.165) is 0 Å². The summed E-state index contributed by atoms with van der Waals surface area (Å²) in [6.07, 6.45) is 1.27. The minimum Gasteiger partial charge on any atom is -0.394 e. The first-order chi connectivity index (χ1) is 10.8. The molecule has 0 bridgehead atoms. The van der Waals surface area contributed by atoms with E-state index in [-0.39, 0.29) is 11.3 Å². The normalized spacial score (nSPS) is 16.7. The molecular weight excluding hydrogens is 310 g/mol. The highest BCUT2D eigenvalue weighted by Crippen LogP contribution is 2.37. The molecule has 7 heteroatoms. The molecule has 0 rings (SSSR count). The molecule has 0 radical (unpaired) electrons. The van der Waals surface area contributed by atoms with Gasteiger partial charge in [0.05, 0.1) is 6.61 Å². The van der Waals surface area contributed by atoms with Gasteiger partial charge in [0, 0.05) is 12.5 Å². The third-order valence-corrected chi connectivity index (χ3v) is 4.27. The van der Waals surface area contributed by atoms with Gasteiger partial charge in [-0.1, -0.05) is 34.6 Å². The number of nitrogens with one attached hydrogen (secondary N) is 1. The van der Waals surface area contributed by atoms with Gasteiger partial charge in [0.2, 0.25) is 17.7 Å². The van der Waals surface area contributed by atoms with Gasteiger partial charge in [-0.15, -0.1) is 0 Å². The average molecular weight is 343 g/mol. The van der Waals surface area contributed by atoms with Crippen LogP contribution in [0, 0.1) is 10.8 Å². The van der Waals surface area contributed by atoms with E-state index in [1.165, 1.54) is 18.9 Å². The quantitative estimate of drug-likeness (QED) is 0.600. The zero-order valence-electron chi connectivity index (χ0n) is 16.0. The van der Waals surface area contributed by atoms with Crippen molar-refractivity contribution in [3.8, 4) is 0 Å². The van der Waals surface area contributed by atoms with Crippen LogP contribution < -0.4 is 11.1 Å². The second-order valence-electron chi connectivity index (χ2n) is 7.90. The molecule has 7 nitrogen and oxygen atoms in total. The number of primary amides is 1. The number of hydrogen-bond donors (Lipinski definition) is 3. The summed E-state index contributed by atoms with van der Waals surface area (Å²) in [5.41, 5.74) is 4.43. The van der Waals surface area contributed by atoms with Crippen LogP contribution in [0.2, 0.25) is 0 Å². The largest absolute Gasteiger partial charge is 0.394 e. The number of nitrogens with two attached hydrogens (primary N) is 1. The minimum absolute atomic E-state index is 0.0568. The Hall–Kier alpha value is -1.63. The van der Waals surface area contributed by atoms with Crippen LogP contribution in [0.5, 0.6) is 0 Å². The maximum Gasteiger partial charge on any atom is 0.245 e. The Labute approximate surface area is 145 Å². The van der Waals surface area contributed by atoms with E-state index in [1.54, 1.807) is 0 Å². The van der Waals surface area contributed by atoms with Crippen LogP contribution in [-0.4, -0.2) is 53.5 Å². The summed E-state index contributed by atoms with van der Waals surface area (Å²) in [5.74, 6) is -1.49. The second kappa shape index (κ2) is 8.46. The van der Waals surface area contributed by atoms with E-state index in [9.17, 15) is 19.5 Å². The Kier molecular flexibility index (Phi) is 7.89. The van der Waals surface area contributed by atoms with Gasteiger partial charge < -0.3 is 21.1 Å². The fourth-order valence-corrected chi connectivity index (χ4v) is 2.85. The van der Waals surface area contributed by atoms with Crippen molar-refractivity contribution in [1.29, 1.82) is 0 Å². The van der Waals surface area contributed by atoms with E-state index >= 15 is 0 Å². The first kappa shape index (κ1) is 22.4. The Balaban J connectivity index is 5.30. The summed E-state index contributed by atoms with van der Waals surface area (Å²) >= 11 is 0.